The fraction of sp³-hybridized carbons (Fsp3) is 0.0192. The molecule has 0 radical (unpaired) electrons. The maximum absolute atomic E-state index is 7.05. The fourth-order valence-corrected chi connectivity index (χ4v) is 8.02. The summed E-state index contributed by atoms with van der Waals surface area (Å²) in [6.07, 6.45) is 1.90. The van der Waals surface area contributed by atoms with E-state index in [2.05, 4.69) is 222 Å². The molecule has 1 aliphatic rings. The van der Waals surface area contributed by atoms with Crippen molar-refractivity contribution in [3.8, 4) is 22.8 Å². The quantitative estimate of drug-likeness (QED) is 0.146. The summed E-state index contributed by atoms with van der Waals surface area (Å²) in [5, 5.41) is 2.29. The minimum atomic E-state index is 0.0277. The summed E-state index contributed by atoms with van der Waals surface area (Å²) in [7, 11) is 0. The van der Waals surface area contributed by atoms with Crippen molar-refractivity contribution in [3.63, 3.8) is 0 Å². The maximum atomic E-state index is 7.05. The number of benzene rings is 8. The molecule has 2 heterocycles. The Morgan fingerprint density at radius 3 is 1.71 bits per heavy atom. The molecule has 0 N–H and O–H groups in total. The molecule has 4 heteroatoms. The number of aromatic nitrogens is 1. The third-order valence-electron chi connectivity index (χ3n) is 10.6. The van der Waals surface area contributed by atoms with Gasteiger partial charge in [-0.3, -0.25) is 4.98 Å². The molecule has 1 aromatic heterocycles. The Labute approximate surface area is 327 Å². The van der Waals surface area contributed by atoms with Gasteiger partial charge < -0.3 is 14.5 Å². The minimum absolute atomic E-state index is 0.0277. The number of fused-ring (bicyclic) bond motifs is 3. The summed E-state index contributed by atoms with van der Waals surface area (Å²) in [6, 6.07) is 74.8. The molecule has 0 unspecified atom stereocenters. The van der Waals surface area contributed by atoms with Gasteiger partial charge in [-0.1, -0.05) is 140 Å². The van der Waals surface area contributed by atoms with Crippen LogP contribution < -0.4 is 14.5 Å². The molecule has 0 saturated carbocycles. The summed E-state index contributed by atoms with van der Waals surface area (Å²) in [5.41, 5.74) is 11.7. The molecule has 0 spiro atoms. The Hall–Kier alpha value is -7.43. The molecule has 0 saturated heterocycles. The molecule has 9 aromatic rings. The highest BCUT2D eigenvalue weighted by Gasteiger charge is 2.29. The van der Waals surface area contributed by atoms with Gasteiger partial charge in [-0.25, -0.2) is 0 Å². The lowest BCUT2D eigenvalue weighted by atomic mass is 9.85. The zero-order valence-electron chi connectivity index (χ0n) is 30.6. The molecule has 0 atom stereocenters. The van der Waals surface area contributed by atoms with E-state index in [9.17, 15) is 0 Å². The van der Waals surface area contributed by atoms with Crippen LogP contribution in [0.15, 0.2) is 219 Å². The van der Waals surface area contributed by atoms with Gasteiger partial charge in [-0.15, -0.1) is 0 Å². The standard InChI is InChI=1S/C52H37N3O/c1-5-17-38(18-6-1)51(39-19-7-2-8-20-39)40-28-30-47-49(35-40)56-50-36-45(54(42-22-9-3-10-23-42)43-24-11-4-12-25-43)29-31-48(50)55(47)44-26-15-21-41(34-44)52-46-27-14-13-16-37(46)32-33-53-52/h1-36,51H. The Bertz CT molecular complexity index is 2570. The Morgan fingerprint density at radius 1 is 0.446 bits per heavy atom. The molecular weight excluding hydrogens is 683 g/mol. The monoisotopic (exact) mass is 719 g/mol. The van der Waals surface area contributed by atoms with Crippen LogP contribution in [0.1, 0.15) is 22.6 Å². The summed E-state index contributed by atoms with van der Waals surface area (Å²) >= 11 is 0. The molecule has 0 bridgehead atoms. The molecule has 0 fully saturated rings. The predicted octanol–water partition coefficient (Wildman–Crippen LogP) is 14.1. The van der Waals surface area contributed by atoms with Crippen LogP contribution in [0, 0.1) is 0 Å². The summed E-state index contributed by atoms with van der Waals surface area (Å²) in [6.45, 7) is 0. The molecule has 0 aliphatic carbocycles. The fourth-order valence-electron chi connectivity index (χ4n) is 8.02. The Morgan fingerprint density at radius 2 is 1.04 bits per heavy atom. The topological polar surface area (TPSA) is 28.6 Å². The van der Waals surface area contributed by atoms with E-state index in [-0.39, 0.29) is 5.92 Å². The van der Waals surface area contributed by atoms with Crippen molar-refractivity contribution in [1.29, 1.82) is 0 Å². The van der Waals surface area contributed by atoms with Gasteiger partial charge >= 0.3 is 0 Å². The van der Waals surface area contributed by atoms with Crippen molar-refractivity contribution < 1.29 is 4.74 Å². The normalized spacial score (nSPS) is 11.8. The average Bonchev–Trinajstić information content (AvgIpc) is 3.27. The van der Waals surface area contributed by atoms with Gasteiger partial charge in [0.15, 0.2) is 11.5 Å². The first-order chi connectivity index (χ1) is 27.8. The van der Waals surface area contributed by atoms with Crippen molar-refractivity contribution in [2.24, 2.45) is 0 Å². The Kier molecular flexibility index (Phi) is 8.54. The summed E-state index contributed by atoms with van der Waals surface area (Å²) in [5.74, 6) is 1.59. The first-order valence-electron chi connectivity index (χ1n) is 19.0. The van der Waals surface area contributed by atoms with Crippen LogP contribution in [-0.2, 0) is 0 Å². The van der Waals surface area contributed by atoms with Crippen molar-refractivity contribution in [1.82, 2.24) is 4.98 Å². The molecule has 0 amide bonds. The number of anilines is 6. The van der Waals surface area contributed by atoms with Crippen LogP contribution in [0.2, 0.25) is 0 Å². The summed E-state index contributed by atoms with van der Waals surface area (Å²) in [4.78, 5) is 9.48. The van der Waals surface area contributed by atoms with E-state index < -0.39 is 0 Å². The van der Waals surface area contributed by atoms with Crippen molar-refractivity contribution in [3.05, 3.63) is 235 Å². The second-order valence-electron chi connectivity index (χ2n) is 14.0. The second-order valence-corrected chi connectivity index (χ2v) is 14.0. The van der Waals surface area contributed by atoms with Crippen molar-refractivity contribution >= 4 is 44.9 Å². The smallest absolute Gasteiger partial charge is 0.153 e. The van der Waals surface area contributed by atoms with E-state index in [0.717, 1.165) is 73.2 Å². The largest absolute Gasteiger partial charge is 0.453 e. The molecule has 266 valence electrons. The Balaban J connectivity index is 1.15. The molecular formula is C52H37N3O. The van der Waals surface area contributed by atoms with Crippen LogP contribution in [0.4, 0.5) is 34.1 Å². The number of pyridine rings is 1. The van der Waals surface area contributed by atoms with E-state index in [0.29, 0.717) is 0 Å². The SMILES string of the molecule is c1ccc(C(c2ccccc2)c2ccc3c(c2)Oc2cc(N(c4ccccc4)c4ccccc4)ccc2N3c2cccc(-c3nccc4ccccc34)c2)cc1. The maximum Gasteiger partial charge on any atom is 0.153 e. The number of nitrogens with zero attached hydrogens (tertiary/aromatic N) is 3. The van der Waals surface area contributed by atoms with Gasteiger partial charge in [0, 0.05) is 51.9 Å². The van der Waals surface area contributed by atoms with Gasteiger partial charge in [0.25, 0.3) is 0 Å². The lowest BCUT2D eigenvalue weighted by Crippen LogP contribution is -2.17. The number of hydrogen-bond acceptors (Lipinski definition) is 4. The highest BCUT2D eigenvalue weighted by atomic mass is 16.5. The number of ether oxygens (including phenoxy) is 1. The van der Waals surface area contributed by atoms with E-state index in [4.69, 9.17) is 9.72 Å². The molecule has 1 aliphatic heterocycles. The molecule has 4 nitrogen and oxygen atoms in total. The third kappa shape index (κ3) is 6.13. The first-order valence-corrected chi connectivity index (χ1v) is 19.0. The summed E-state index contributed by atoms with van der Waals surface area (Å²) < 4.78 is 7.05. The van der Waals surface area contributed by atoms with Gasteiger partial charge in [-0.05, 0) is 88.8 Å². The van der Waals surface area contributed by atoms with E-state index >= 15 is 0 Å². The number of para-hydroxylation sites is 2. The first kappa shape index (κ1) is 33.2. The lowest BCUT2D eigenvalue weighted by Gasteiger charge is -2.35. The second kappa shape index (κ2) is 14.4. The third-order valence-corrected chi connectivity index (χ3v) is 10.6. The molecule has 8 aromatic carbocycles. The highest BCUT2D eigenvalue weighted by molar-refractivity contribution is 5.96. The van der Waals surface area contributed by atoms with E-state index in [1.165, 1.54) is 11.1 Å². The number of hydrogen-bond donors (Lipinski definition) is 0. The minimum Gasteiger partial charge on any atom is -0.453 e. The predicted molar refractivity (Wildman–Crippen MR) is 230 cm³/mol. The van der Waals surface area contributed by atoms with Gasteiger partial charge in [0.1, 0.15) is 0 Å². The molecule has 10 rings (SSSR count). The van der Waals surface area contributed by atoms with Gasteiger partial charge in [-0.2, -0.15) is 0 Å². The van der Waals surface area contributed by atoms with E-state index in [1.807, 2.05) is 6.20 Å². The zero-order valence-corrected chi connectivity index (χ0v) is 30.6. The van der Waals surface area contributed by atoms with Gasteiger partial charge in [0.2, 0.25) is 0 Å². The van der Waals surface area contributed by atoms with E-state index in [1.54, 1.807) is 0 Å². The number of rotatable bonds is 8. The van der Waals surface area contributed by atoms with Gasteiger partial charge in [0.05, 0.1) is 17.1 Å². The highest BCUT2D eigenvalue weighted by Crippen LogP contribution is 2.53. The lowest BCUT2D eigenvalue weighted by molar-refractivity contribution is 0.476. The molecule has 56 heavy (non-hydrogen) atoms. The van der Waals surface area contributed by atoms with Crippen LogP contribution in [0.25, 0.3) is 22.0 Å². The van der Waals surface area contributed by atoms with Crippen LogP contribution in [0.5, 0.6) is 11.5 Å². The zero-order chi connectivity index (χ0) is 37.3. The van der Waals surface area contributed by atoms with Crippen LogP contribution in [-0.4, -0.2) is 4.98 Å². The van der Waals surface area contributed by atoms with Crippen molar-refractivity contribution in [2.45, 2.75) is 5.92 Å². The van der Waals surface area contributed by atoms with Crippen molar-refractivity contribution in [2.75, 3.05) is 9.80 Å². The van der Waals surface area contributed by atoms with Crippen LogP contribution >= 0.6 is 0 Å². The van der Waals surface area contributed by atoms with Crippen LogP contribution in [0.3, 0.4) is 0 Å². The average molecular weight is 720 g/mol.